The lowest BCUT2D eigenvalue weighted by molar-refractivity contribution is 0.0884. The highest BCUT2D eigenvalue weighted by Crippen LogP contribution is 2.30. The van der Waals surface area contributed by atoms with Gasteiger partial charge in [0.2, 0.25) is 0 Å². The third kappa shape index (κ3) is 3.60. The standard InChI is InChI=1S/C23H26N4O2/c1-27-11-10-17(14-20(27)22-25-18-6-2-3-7-19(18)26-22)24-23(28)16-8-9-21-15(13-16)5-4-12-29-21/h2-3,6-9,13,17,20H,4-5,10-12,14H2,1H3,(H,24,28)(H,25,26). The van der Waals surface area contributed by atoms with E-state index in [0.717, 1.165) is 67.0 Å². The first-order valence-electron chi connectivity index (χ1n) is 10.4. The van der Waals surface area contributed by atoms with Crippen LogP contribution in [0.15, 0.2) is 42.5 Å². The number of hydrogen-bond acceptors (Lipinski definition) is 4. The molecule has 6 nitrogen and oxygen atoms in total. The molecule has 150 valence electrons. The summed E-state index contributed by atoms with van der Waals surface area (Å²) in [6.07, 6.45) is 3.76. The van der Waals surface area contributed by atoms with Gasteiger partial charge in [0.05, 0.1) is 23.7 Å². The molecule has 1 amide bonds. The number of fused-ring (bicyclic) bond motifs is 2. The van der Waals surface area contributed by atoms with E-state index in [-0.39, 0.29) is 18.0 Å². The predicted molar refractivity (Wildman–Crippen MR) is 112 cm³/mol. The van der Waals surface area contributed by atoms with Crippen LogP contribution in [-0.4, -0.2) is 47.0 Å². The number of aromatic amines is 1. The zero-order valence-corrected chi connectivity index (χ0v) is 16.6. The van der Waals surface area contributed by atoms with Crippen LogP contribution in [0.25, 0.3) is 11.0 Å². The van der Waals surface area contributed by atoms with Crippen molar-refractivity contribution in [1.82, 2.24) is 20.2 Å². The molecule has 5 rings (SSSR count). The average molecular weight is 390 g/mol. The molecular weight excluding hydrogens is 364 g/mol. The Morgan fingerprint density at radius 3 is 3.07 bits per heavy atom. The monoisotopic (exact) mass is 390 g/mol. The molecule has 2 aromatic carbocycles. The van der Waals surface area contributed by atoms with Gasteiger partial charge in [0, 0.05) is 18.2 Å². The largest absolute Gasteiger partial charge is 0.493 e. The Bertz CT molecular complexity index is 1010. The molecule has 2 aliphatic rings. The highest BCUT2D eigenvalue weighted by molar-refractivity contribution is 5.94. The van der Waals surface area contributed by atoms with Gasteiger partial charge in [-0.25, -0.2) is 4.98 Å². The average Bonchev–Trinajstić information content (AvgIpc) is 3.18. The van der Waals surface area contributed by atoms with Crippen LogP contribution in [0.2, 0.25) is 0 Å². The van der Waals surface area contributed by atoms with Crippen LogP contribution < -0.4 is 10.1 Å². The van der Waals surface area contributed by atoms with E-state index in [1.165, 1.54) is 0 Å². The van der Waals surface area contributed by atoms with Gasteiger partial charge in [0.15, 0.2) is 0 Å². The Hall–Kier alpha value is -2.86. The fourth-order valence-electron chi connectivity index (χ4n) is 4.43. The van der Waals surface area contributed by atoms with Gasteiger partial charge in [-0.2, -0.15) is 0 Å². The van der Waals surface area contributed by atoms with Crippen LogP contribution in [0.1, 0.15) is 47.1 Å². The molecule has 0 bridgehead atoms. The van der Waals surface area contributed by atoms with Crippen molar-refractivity contribution in [2.75, 3.05) is 20.2 Å². The number of amides is 1. The molecule has 1 saturated heterocycles. The predicted octanol–water partition coefficient (Wildman–Crippen LogP) is 3.45. The molecule has 2 atom stereocenters. The van der Waals surface area contributed by atoms with E-state index in [2.05, 4.69) is 22.2 Å². The third-order valence-electron chi connectivity index (χ3n) is 6.10. The van der Waals surface area contributed by atoms with Crippen molar-refractivity contribution in [1.29, 1.82) is 0 Å². The number of carbonyl (C=O) groups excluding carboxylic acids is 1. The molecule has 0 saturated carbocycles. The van der Waals surface area contributed by atoms with Crippen LogP contribution in [0, 0.1) is 0 Å². The minimum Gasteiger partial charge on any atom is -0.493 e. The number of hydrogen-bond donors (Lipinski definition) is 2. The number of ether oxygens (including phenoxy) is 1. The Morgan fingerprint density at radius 1 is 1.28 bits per heavy atom. The number of H-pyrrole nitrogens is 1. The smallest absolute Gasteiger partial charge is 0.251 e. The number of rotatable bonds is 3. The van der Waals surface area contributed by atoms with Gasteiger partial charge in [-0.1, -0.05) is 12.1 Å². The van der Waals surface area contributed by atoms with Crippen molar-refractivity contribution in [3.8, 4) is 5.75 Å². The molecule has 3 heterocycles. The second-order valence-electron chi connectivity index (χ2n) is 8.10. The number of aromatic nitrogens is 2. The molecule has 6 heteroatoms. The molecule has 3 aromatic rings. The van der Waals surface area contributed by atoms with E-state index in [9.17, 15) is 4.79 Å². The van der Waals surface area contributed by atoms with Crippen molar-refractivity contribution >= 4 is 16.9 Å². The quantitative estimate of drug-likeness (QED) is 0.719. The van der Waals surface area contributed by atoms with E-state index in [0.29, 0.717) is 5.56 Å². The van der Waals surface area contributed by atoms with Gasteiger partial charge in [-0.3, -0.25) is 9.69 Å². The van der Waals surface area contributed by atoms with Crippen LogP contribution in [0.3, 0.4) is 0 Å². The molecule has 0 aliphatic carbocycles. The normalized spacial score (nSPS) is 22.1. The van der Waals surface area contributed by atoms with Gasteiger partial charge >= 0.3 is 0 Å². The van der Waals surface area contributed by atoms with Crippen LogP contribution in [0.5, 0.6) is 5.75 Å². The first-order valence-corrected chi connectivity index (χ1v) is 10.4. The first-order chi connectivity index (χ1) is 14.2. The zero-order chi connectivity index (χ0) is 19.8. The summed E-state index contributed by atoms with van der Waals surface area (Å²) in [5.41, 5.74) is 3.89. The fraction of sp³-hybridized carbons (Fsp3) is 0.391. The Kier molecular flexibility index (Phi) is 4.72. The van der Waals surface area contributed by atoms with Crippen molar-refractivity contribution in [2.24, 2.45) is 0 Å². The highest BCUT2D eigenvalue weighted by atomic mass is 16.5. The number of carbonyl (C=O) groups is 1. The number of likely N-dealkylation sites (tertiary alicyclic amines) is 1. The van der Waals surface area contributed by atoms with Crippen LogP contribution in [-0.2, 0) is 6.42 Å². The third-order valence-corrected chi connectivity index (χ3v) is 6.10. The van der Waals surface area contributed by atoms with Gasteiger partial charge < -0.3 is 15.0 Å². The molecule has 29 heavy (non-hydrogen) atoms. The lowest BCUT2D eigenvalue weighted by Crippen LogP contribution is -2.45. The van der Waals surface area contributed by atoms with Crippen LogP contribution >= 0.6 is 0 Å². The summed E-state index contributed by atoms with van der Waals surface area (Å²) in [5, 5.41) is 3.25. The maximum atomic E-state index is 12.9. The van der Waals surface area contributed by atoms with E-state index in [1.807, 2.05) is 42.5 Å². The summed E-state index contributed by atoms with van der Waals surface area (Å²) in [5.74, 6) is 1.88. The maximum Gasteiger partial charge on any atom is 0.251 e. The van der Waals surface area contributed by atoms with Crippen molar-refractivity contribution in [2.45, 2.75) is 37.8 Å². The van der Waals surface area contributed by atoms with Crippen molar-refractivity contribution in [3.05, 3.63) is 59.4 Å². The minimum absolute atomic E-state index is 0.00344. The van der Waals surface area contributed by atoms with Crippen molar-refractivity contribution < 1.29 is 9.53 Å². The second kappa shape index (κ2) is 7.52. The SMILES string of the molecule is CN1CCC(NC(=O)c2ccc3c(c2)CCCO3)CC1c1nc2ccccc2[nH]1. The number of benzene rings is 2. The number of nitrogens with one attached hydrogen (secondary N) is 2. The van der Waals surface area contributed by atoms with Crippen LogP contribution in [0.4, 0.5) is 0 Å². The molecule has 2 aliphatic heterocycles. The summed E-state index contributed by atoms with van der Waals surface area (Å²) < 4.78 is 5.66. The zero-order valence-electron chi connectivity index (χ0n) is 16.6. The summed E-state index contributed by atoms with van der Waals surface area (Å²) in [7, 11) is 2.12. The van der Waals surface area contributed by atoms with Gasteiger partial charge in [-0.05, 0) is 68.6 Å². The molecule has 0 radical (unpaired) electrons. The minimum atomic E-state index is -0.00344. The fourth-order valence-corrected chi connectivity index (χ4v) is 4.43. The van der Waals surface area contributed by atoms with Gasteiger partial charge in [0.25, 0.3) is 5.91 Å². The topological polar surface area (TPSA) is 70.2 Å². The number of aryl methyl sites for hydroxylation is 1. The Labute approximate surface area is 170 Å². The molecule has 1 fully saturated rings. The highest BCUT2D eigenvalue weighted by Gasteiger charge is 2.30. The van der Waals surface area contributed by atoms with Crippen molar-refractivity contribution in [3.63, 3.8) is 0 Å². The van der Waals surface area contributed by atoms with E-state index < -0.39 is 0 Å². The van der Waals surface area contributed by atoms with E-state index in [1.54, 1.807) is 0 Å². The van der Waals surface area contributed by atoms with Gasteiger partial charge in [0.1, 0.15) is 11.6 Å². The van der Waals surface area contributed by atoms with E-state index >= 15 is 0 Å². The molecule has 2 unspecified atom stereocenters. The number of piperidine rings is 1. The number of nitrogens with zero attached hydrogens (tertiary/aromatic N) is 2. The summed E-state index contributed by atoms with van der Waals surface area (Å²) in [4.78, 5) is 23.4. The summed E-state index contributed by atoms with van der Waals surface area (Å²) >= 11 is 0. The second-order valence-corrected chi connectivity index (χ2v) is 8.10. The lowest BCUT2D eigenvalue weighted by Gasteiger charge is -2.36. The number of imidazole rings is 1. The Balaban J connectivity index is 1.30. The molecule has 1 aromatic heterocycles. The molecule has 0 spiro atoms. The summed E-state index contributed by atoms with van der Waals surface area (Å²) in [6, 6.07) is 14.2. The van der Waals surface area contributed by atoms with Gasteiger partial charge in [-0.15, -0.1) is 0 Å². The lowest BCUT2D eigenvalue weighted by atomic mass is 9.96. The maximum absolute atomic E-state index is 12.9. The van der Waals surface area contributed by atoms with E-state index in [4.69, 9.17) is 9.72 Å². The number of para-hydroxylation sites is 2. The Morgan fingerprint density at radius 2 is 2.17 bits per heavy atom. The molecular formula is C23H26N4O2. The first kappa shape index (κ1) is 18.2. The summed E-state index contributed by atoms with van der Waals surface area (Å²) in [6.45, 7) is 1.68. The molecule has 2 N–H and O–H groups in total.